The lowest BCUT2D eigenvalue weighted by Crippen LogP contribution is -2.38. The Hall–Kier alpha value is -1.03. The van der Waals surface area contributed by atoms with Gasteiger partial charge in [0.25, 0.3) is 0 Å². The van der Waals surface area contributed by atoms with Crippen LogP contribution in [0.15, 0.2) is 30.5 Å². The van der Waals surface area contributed by atoms with Gasteiger partial charge in [-0.15, -0.1) is 0 Å². The van der Waals surface area contributed by atoms with Crippen LogP contribution in [0.2, 0.25) is 5.02 Å². The van der Waals surface area contributed by atoms with Gasteiger partial charge in [0.05, 0.1) is 6.10 Å². The molecule has 4 heteroatoms. The Morgan fingerprint density at radius 1 is 1.45 bits per heavy atom. The van der Waals surface area contributed by atoms with Gasteiger partial charge in [0.15, 0.2) is 0 Å². The molecule has 0 spiro atoms. The van der Waals surface area contributed by atoms with E-state index >= 15 is 0 Å². The quantitative estimate of drug-likeness (QED) is 0.913. The number of nitrogens with zero attached hydrogens (tertiary/aromatic N) is 1. The minimum Gasteiger partial charge on any atom is -0.377 e. The van der Waals surface area contributed by atoms with Gasteiger partial charge in [0.2, 0.25) is 0 Å². The predicted octanol–water partition coefficient (Wildman–Crippen LogP) is 3.45. The molecule has 0 saturated carbocycles. The van der Waals surface area contributed by atoms with Gasteiger partial charge in [-0.05, 0) is 43.4 Å². The summed E-state index contributed by atoms with van der Waals surface area (Å²) >= 11 is 6.07. The van der Waals surface area contributed by atoms with Crippen LogP contribution < -0.4 is 5.32 Å². The van der Waals surface area contributed by atoms with E-state index in [1.165, 1.54) is 23.7 Å². The molecule has 1 saturated heterocycles. The van der Waals surface area contributed by atoms with Crippen LogP contribution in [0.3, 0.4) is 0 Å². The lowest BCUT2D eigenvalue weighted by Gasteiger charge is -2.20. The van der Waals surface area contributed by atoms with E-state index in [9.17, 15) is 0 Å². The summed E-state index contributed by atoms with van der Waals surface area (Å²) in [5.74, 6) is 0. The van der Waals surface area contributed by atoms with Crippen LogP contribution >= 0.6 is 11.6 Å². The standard InChI is InChI=1S/C16H21ClN2O/c1-12(16-3-2-10-20-16)18-7-9-19-8-6-13-4-5-14(17)11-15(13)19/h4-6,8,11-12,16,18H,2-3,7,9-10H2,1H3. The van der Waals surface area contributed by atoms with Crippen molar-refractivity contribution in [1.82, 2.24) is 9.88 Å². The first-order valence-corrected chi connectivity index (χ1v) is 7.71. The summed E-state index contributed by atoms with van der Waals surface area (Å²) in [5, 5.41) is 5.59. The first kappa shape index (κ1) is 13.9. The first-order chi connectivity index (χ1) is 9.74. The van der Waals surface area contributed by atoms with Crippen molar-refractivity contribution >= 4 is 22.5 Å². The number of hydrogen-bond acceptors (Lipinski definition) is 2. The molecule has 20 heavy (non-hydrogen) atoms. The predicted molar refractivity (Wildman–Crippen MR) is 83.4 cm³/mol. The van der Waals surface area contributed by atoms with Crippen molar-refractivity contribution in [2.75, 3.05) is 13.2 Å². The second kappa shape index (κ2) is 6.17. The lowest BCUT2D eigenvalue weighted by atomic mass is 10.1. The molecule has 0 amide bonds. The molecule has 3 nitrogen and oxygen atoms in total. The number of halogens is 1. The largest absolute Gasteiger partial charge is 0.377 e. The topological polar surface area (TPSA) is 26.2 Å². The molecule has 0 aliphatic carbocycles. The first-order valence-electron chi connectivity index (χ1n) is 7.33. The normalized spacial score (nSPS) is 20.6. The molecular formula is C16H21ClN2O. The summed E-state index contributed by atoms with van der Waals surface area (Å²) in [5.41, 5.74) is 1.20. The Morgan fingerprint density at radius 2 is 2.35 bits per heavy atom. The van der Waals surface area contributed by atoms with Gasteiger partial charge < -0.3 is 14.6 Å². The van der Waals surface area contributed by atoms with Gasteiger partial charge in [0, 0.05) is 42.5 Å². The number of hydrogen-bond donors (Lipinski definition) is 1. The fourth-order valence-corrected chi connectivity index (χ4v) is 3.06. The number of benzene rings is 1. The zero-order valence-corrected chi connectivity index (χ0v) is 12.6. The van der Waals surface area contributed by atoms with Gasteiger partial charge in [0.1, 0.15) is 0 Å². The number of rotatable bonds is 5. The van der Waals surface area contributed by atoms with Crippen molar-refractivity contribution in [2.24, 2.45) is 0 Å². The summed E-state index contributed by atoms with van der Waals surface area (Å²) in [4.78, 5) is 0. The lowest BCUT2D eigenvalue weighted by molar-refractivity contribution is 0.0835. The van der Waals surface area contributed by atoms with Crippen molar-refractivity contribution in [1.29, 1.82) is 0 Å². The van der Waals surface area contributed by atoms with Gasteiger partial charge in [-0.1, -0.05) is 17.7 Å². The number of fused-ring (bicyclic) bond motifs is 1. The Kier molecular flexibility index (Phi) is 4.29. The van der Waals surface area contributed by atoms with Gasteiger partial charge in [-0.25, -0.2) is 0 Å². The molecule has 1 fully saturated rings. The maximum absolute atomic E-state index is 6.07. The monoisotopic (exact) mass is 292 g/mol. The maximum atomic E-state index is 6.07. The van der Waals surface area contributed by atoms with Crippen LogP contribution in [-0.2, 0) is 11.3 Å². The molecule has 1 N–H and O–H groups in total. The van der Waals surface area contributed by atoms with E-state index in [0.717, 1.165) is 24.7 Å². The summed E-state index contributed by atoms with van der Waals surface area (Å²) in [6, 6.07) is 8.58. The van der Waals surface area contributed by atoms with Crippen molar-refractivity contribution < 1.29 is 4.74 Å². The molecule has 1 aliphatic heterocycles. The van der Waals surface area contributed by atoms with Gasteiger partial charge in [-0.2, -0.15) is 0 Å². The number of ether oxygens (including phenoxy) is 1. The van der Waals surface area contributed by atoms with E-state index < -0.39 is 0 Å². The molecular weight excluding hydrogens is 272 g/mol. The smallest absolute Gasteiger partial charge is 0.0726 e. The fraction of sp³-hybridized carbons (Fsp3) is 0.500. The third-order valence-electron chi connectivity index (χ3n) is 4.08. The highest BCUT2D eigenvalue weighted by Gasteiger charge is 2.21. The average molecular weight is 293 g/mol. The average Bonchev–Trinajstić information content (AvgIpc) is 3.08. The Morgan fingerprint density at radius 3 is 3.15 bits per heavy atom. The second-order valence-corrected chi connectivity index (χ2v) is 5.94. The number of nitrogens with one attached hydrogen (secondary N) is 1. The Labute approximate surface area is 124 Å². The summed E-state index contributed by atoms with van der Waals surface area (Å²) in [6.07, 6.45) is 4.87. The van der Waals surface area contributed by atoms with Gasteiger partial charge >= 0.3 is 0 Å². The van der Waals surface area contributed by atoms with Crippen LogP contribution in [0.1, 0.15) is 19.8 Å². The molecule has 3 rings (SSSR count). The third kappa shape index (κ3) is 3.00. The highest BCUT2D eigenvalue weighted by Crippen LogP contribution is 2.20. The molecule has 2 unspecified atom stereocenters. The van der Waals surface area contributed by atoms with E-state index in [4.69, 9.17) is 16.3 Å². The SMILES string of the molecule is CC(NCCn1ccc2ccc(Cl)cc21)C1CCCO1. The van der Waals surface area contributed by atoms with Crippen LogP contribution in [0.4, 0.5) is 0 Å². The van der Waals surface area contributed by atoms with Gasteiger partial charge in [-0.3, -0.25) is 0 Å². The van der Waals surface area contributed by atoms with Crippen LogP contribution in [0.25, 0.3) is 10.9 Å². The van der Waals surface area contributed by atoms with Crippen LogP contribution in [0.5, 0.6) is 0 Å². The van der Waals surface area contributed by atoms with E-state index in [1.807, 2.05) is 12.1 Å². The summed E-state index contributed by atoms with van der Waals surface area (Å²) < 4.78 is 7.95. The van der Waals surface area contributed by atoms with E-state index in [2.05, 4.69) is 35.1 Å². The fourth-order valence-electron chi connectivity index (χ4n) is 2.89. The highest BCUT2D eigenvalue weighted by molar-refractivity contribution is 6.31. The van der Waals surface area contributed by atoms with Crippen molar-refractivity contribution in [2.45, 2.75) is 38.5 Å². The van der Waals surface area contributed by atoms with Crippen molar-refractivity contribution in [3.63, 3.8) is 0 Å². The zero-order chi connectivity index (χ0) is 13.9. The minimum absolute atomic E-state index is 0.380. The zero-order valence-electron chi connectivity index (χ0n) is 11.8. The van der Waals surface area contributed by atoms with E-state index in [-0.39, 0.29) is 0 Å². The molecule has 2 heterocycles. The van der Waals surface area contributed by atoms with Crippen LogP contribution in [-0.4, -0.2) is 29.9 Å². The minimum atomic E-state index is 0.380. The second-order valence-electron chi connectivity index (χ2n) is 5.51. The van der Waals surface area contributed by atoms with E-state index in [0.29, 0.717) is 12.1 Å². The molecule has 1 aromatic heterocycles. The Balaban J connectivity index is 1.58. The third-order valence-corrected chi connectivity index (χ3v) is 4.31. The molecule has 0 radical (unpaired) electrons. The van der Waals surface area contributed by atoms with Crippen LogP contribution in [0, 0.1) is 0 Å². The molecule has 2 atom stereocenters. The van der Waals surface area contributed by atoms with Crippen molar-refractivity contribution in [3.8, 4) is 0 Å². The Bertz CT molecular complexity index is 575. The molecule has 108 valence electrons. The summed E-state index contributed by atoms with van der Waals surface area (Å²) in [7, 11) is 0. The molecule has 0 bridgehead atoms. The summed E-state index contributed by atoms with van der Waals surface area (Å²) in [6.45, 7) is 5.01. The van der Waals surface area contributed by atoms with E-state index in [1.54, 1.807) is 0 Å². The molecule has 2 aromatic rings. The van der Waals surface area contributed by atoms with Crippen molar-refractivity contribution in [3.05, 3.63) is 35.5 Å². The maximum Gasteiger partial charge on any atom is 0.0726 e. The highest BCUT2D eigenvalue weighted by atomic mass is 35.5. The molecule has 1 aromatic carbocycles. The molecule has 1 aliphatic rings. The number of aromatic nitrogens is 1.